The molecule has 0 saturated heterocycles. The first-order valence-electron chi connectivity index (χ1n) is 10.1. The maximum absolute atomic E-state index is 10.5. The molecule has 0 aliphatic carbocycles. The number of anilines is 2. The lowest BCUT2D eigenvalue weighted by Gasteiger charge is -2.13. The summed E-state index contributed by atoms with van der Waals surface area (Å²) in [6, 6.07) is 18.0. The number of nitrogens with zero attached hydrogens (tertiary/aromatic N) is 2. The Bertz CT molecular complexity index is 1020. The fraction of sp³-hybridized carbons (Fsp3) is 0.273. The third kappa shape index (κ3) is 7.38. The normalized spacial score (nSPS) is 10.5. The van der Waals surface area contributed by atoms with Crippen molar-refractivity contribution in [3.05, 3.63) is 60.2 Å². The molecule has 1 aromatic heterocycles. The Morgan fingerprint density at radius 1 is 0.903 bits per heavy atom. The highest BCUT2D eigenvalue weighted by atomic mass is 32.1. The number of aromatic nitrogens is 2. The summed E-state index contributed by atoms with van der Waals surface area (Å²) in [5.41, 5.74) is 2.03. The second kappa shape index (κ2) is 11.7. The Labute approximate surface area is 186 Å². The predicted molar refractivity (Wildman–Crippen MR) is 127 cm³/mol. The number of hydrogen-bond acceptors (Lipinski definition) is 6. The van der Waals surface area contributed by atoms with E-state index in [4.69, 9.17) is 17.3 Å². The number of rotatable bonds is 11. The van der Waals surface area contributed by atoms with Gasteiger partial charge in [0.2, 0.25) is 5.95 Å². The topological polar surface area (TPSA) is 111 Å². The Morgan fingerprint density at radius 3 is 2.45 bits per heavy atom. The summed E-state index contributed by atoms with van der Waals surface area (Å²) in [5, 5.41) is 22.7. The summed E-state index contributed by atoms with van der Waals surface area (Å²) in [6.45, 7) is 2.32. The molecule has 2 aromatic carbocycles. The zero-order valence-corrected chi connectivity index (χ0v) is 17.9. The predicted octanol–water partition coefficient (Wildman–Crippen LogP) is 2.98. The monoisotopic (exact) mass is 438 g/mol. The van der Waals surface area contributed by atoms with Crippen molar-refractivity contribution in [2.24, 2.45) is 0 Å². The van der Waals surface area contributed by atoms with E-state index in [0.29, 0.717) is 37.2 Å². The van der Waals surface area contributed by atoms with Crippen molar-refractivity contribution in [2.75, 3.05) is 30.3 Å². The Hall–Kier alpha value is -3.46. The molecule has 0 saturated carbocycles. The third-order valence-corrected chi connectivity index (χ3v) is 4.74. The van der Waals surface area contributed by atoms with Gasteiger partial charge in [0.1, 0.15) is 5.82 Å². The molecule has 5 N–H and O–H groups in total. The van der Waals surface area contributed by atoms with E-state index in [9.17, 15) is 4.79 Å². The van der Waals surface area contributed by atoms with Crippen molar-refractivity contribution < 1.29 is 9.90 Å². The molecule has 0 aliphatic rings. The lowest BCUT2D eigenvalue weighted by molar-refractivity contribution is -0.136. The minimum absolute atomic E-state index is 0.0325. The Balaban J connectivity index is 1.52. The van der Waals surface area contributed by atoms with Gasteiger partial charge >= 0.3 is 5.97 Å². The molecule has 0 fully saturated rings. The standard InChI is InChI=1S/C22H26N6O2S/c29-19(30)11-14-25-22(31)24-13-6-12-23-20-17-9-4-5-10-18(17)27-21(28-20)26-15-16-7-2-1-3-8-16/h1-5,7-10H,6,11-15H2,(H,29,30)(H2,24,25,31)(H2,23,26,27,28). The molecule has 31 heavy (non-hydrogen) atoms. The molecule has 3 rings (SSSR count). The fourth-order valence-electron chi connectivity index (χ4n) is 2.91. The highest BCUT2D eigenvalue weighted by molar-refractivity contribution is 7.80. The summed E-state index contributed by atoms with van der Waals surface area (Å²) < 4.78 is 0. The van der Waals surface area contributed by atoms with Crippen molar-refractivity contribution in [1.29, 1.82) is 0 Å². The van der Waals surface area contributed by atoms with Gasteiger partial charge in [0.05, 0.1) is 11.9 Å². The lowest BCUT2D eigenvalue weighted by atomic mass is 10.2. The quantitative estimate of drug-likeness (QED) is 0.228. The number of carboxylic acid groups (broad SMARTS) is 1. The molecule has 9 heteroatoms. The fourth-order valence-corrected chi connectivity index (χ4v) is 3.11. The maximum atomic E-state index is 10.5. The number of para-hydroxylation sites is 1. The average Bonchev–Trinajstić information content (AvgIpc) is 2.78. The average molecular weight is 439 g/mol. The van der Waals surface area contributed by atoms with E-state index in [2.05, 4.69) is 43.4 Å². The van der Waals surface area contributed by atoms with Crippen LogP contribution in [0.3, 0.4) is 0 Å². The van der Waals surface area contributed by atoms with Crippen molar-refractivity contribution >= 4 is 46.0 Å². The smallest absolute Gasteiger partial charge is 0.305 e. The number of fused-ring (bicyclic) bond motifs is 1. The van der Waals surface area contributed by atoms with E-state index in [1.165, 1.54) is 0 Å². The van der Waals surface area contributed by atoms with Gasteiger partial charge in [-0.1, -0.05) is 42.5 Å². The largest absolute Gasteiger partial charge is 0.481 e. The van der Waals surface area contributed by atoms with E-state index in [1.807, 2.05) is 42.5 Å². The van der Waals surface area contributed by atoms with Gasteiger partial charge in [-0.25, -0.2) is 4.98 Å². The third-order valence-electron chi connectivity index (χ3n) is 4.45. The summed E-state index contributed by atoms with van der Waals surface area (Å²) >= 11 is 5.13. The van der Waals surface area contributed by atoms with Gasteiger partial charge in [-0.3, -0.25) is 4.79 Å². The molecule has 0 spiro atoms. The highest BCUT2D eigenvalue weighted by Crippen LogP contribution is 2.22. The van der Waals surface area contributed by atoms with Crippen LogP contribution in [0.4, 0.5) is 11.8 Å². The van der Waals surface area contributed by atoms with Gasteiger partial charge in [-0.15, -0.1) is 0 Å². The summed E-state index contributed by atoms with van der Waals surface area (Å²) in [4.78, 5) is 19.8. The molecule has 8 nitrogen and oxygen atoms in total. The molecule has 0 amide bonds. The van der Waals surface area contributed by atoms with Crippen LogP contribution in [0.15, 0.2) is 54.6 Å². The molecule has 0 aliphatic heterocycles. The molecule has 0 unspecified atom stereocenters. The number of benzene rings is 2. The van der Waals surface area contributed by atoms with Crippen LogP contribution >= 0.6 is 12.2 Å². The van der Waals surface area contributed by atoms with Gasteiger partial charge in [0.25, 0.3) is 0 Å². The van der Waals surface area contributed by atoms with E-state index in [1.54, 1.807) is 0 Å². The number of nitrogens with one attached hydrogen (secondary N) is 4. The second-order valence-electron chi connectivity index (χ2n) is 6.86. The minimum atomic E-state index is -0.853. The lowest BCUT2D eigenvalue weighted by Crippen LogP contribution is -2.37. The van der Waals surface area contributed by atoms with Crippen LogP contribution in [0.2, 0.25) is 0 Å². The highest BCUT2D eigenvalue weighted by Gasteiger charge is 2.07. The van der Waals surface area contributed by atoms with Crippen LogP contribution in [0.5, 0.6) is 0 Å². The van der Waals surface area contributed by atoms with Gasteiger partial charge in [-0.2, -0.15) is 4.98 Å². The van der Waals surface area contributed by atoms with Crippen LogP contribution in [-0.2, 0) is 11.3 Å². The number of hydrogen-bond donors (Lipinski definition) is 5. The molecule has 0 radical (unpaired) electrons. The molecule has 0 bridgehead atoms. The summed E-state index contributed by atoms with van der Waals surface area (Å²) in [7, 11) is 0. The van der Waals surface area contributed by atoms with Crippen molar-refractivity contribution in [1.82, 2.24) is 20.6 Å². The van der Waals surface area contributed by atoms with Gasteiger partial charge < -0.3 is 26.4 Å². The van der Waals surface area contributed by atoms with Crippen molar-refractivity contribution in [3.63, 3.8) is 0 Å². The van der Waals surface area contributed by atoms with Crippen LogP contribution in [-0.4, -0.2) is 45.8 Å². The van der Waals surface area contributed by atoms with E-state index >= 15 is 0 Å². The first-order valence-corrected chi connectivity index (χ1v) is 10.5. The number of carboxylic acids is 1. The van der Waals surface area contributed by atoms with E-state index in [0.717, 1.165) is 28.7 Å². The van der Waals surface area contributed by atoms with Gasteiger partial charge in [0.15, 0.2) is 5.11 Å². The number of thiocarbonyl (C=S) groups is 1. The maximum Gasteiger partial charge on any atom is 0.305 e. The molecular formula is C22H26N6O2S. The zero-order chi connectivity index (χ0) is 21.9. The summed E-state index contributed by atoms with van der Waals surface area (Å²) in [6.07, 6.45) is 0.844. The first kappa shape index (κ1) is 22.2. The molecule has 0 atom stereocenters. The molecule has 3 aromatic rings. The Morgan fingerprint density at radius 2 is 1.65 bits per heavy atom. The molecule has 1 heterocycles. The number of carbonyl (C=O) groups is 1. The van der Waals surface area contributed by atoms with Gasteiger partial charge in [-0.05, 0) is 36.3 Å². The van der Waals surface area contributed by atoms with Crippen molar-refractivity contribution in [3.8, 4) is 0 Å². The van der Waals surface area contributed by atoms with E-state index < -0.39 is 5.97 Å². The summed E-state index contributed by atoms with van der Waals surface area (Å²) in [5.74, 6) is 0.504. The van der Waals surface area contributed by atoms with Crippen LogP contribution < -0.4 is 21.3 Å². The minimum Gasteiger partial charge on any atom is -0.481 e. The first-order chi connectivity index (χ1) is 15.1. The van der Waals surface area contributed by atoms with Gasteiger partial charge in [0, 0.05) is 31.6 Å². The van der Waals surface area contributed by atoms with Crippen LogP contribution in [0.1, 0.15) is 18.4 Å². The Kier molecular flexibility index (Phi) is 8.36. The SMILES string of the molecule is O=C(O)CCNC(=S)NCCCNc1nc(NCc2ccccc2)nc2ccccc12. The van der Waals surface area contributed by atoms with E-state index in [-0.39, 0.29) is 6.42 Å². The number of aliphatic carboxylic acids is 1. The second-order valence-corrected chi connectivity index (χ2v) is 7.27. The molecule has 162 valence electrons. The zero-order valence-electron chi connectivity index (χ0n) is 17.1. The van der Waals surface area contributed by atoms with Crippen LogP contribution in [0.25, 0.3) is 10.9 Å². The van der Waals surface area contributed by atoms with Crippen molar-refractivity contribution in [2.45, 2.75) is 19.4 Å². The van der Waals surface area contributed by atoms with Crippen LogP contribution in [0, 0.1) is 0 Å². The molecular weight excluding hydrogens is 412 g/mol.